The van der Waals surface area contributed by atoms with Crippen LogP contribution in [0.4, 0.5) is 0 Å². The number of esters is 1. The van der Waals surface area contributed by atoms with E-state index in [0.29, 0.717) is 19.4 Å². The Bertz CT molecular complexity index is 1050. The predicted molar refractivity (Wildman–Crippen MR) is 144 cm³/mol. The van der Waals surface area contributed by atoms with Crippen LogP contribution in [0.5, 0.6) is 0 Å². The molecule has 3 rings (SSSR count). The molecule has 1 aliphatic carbocycles. The average molecular weight is 491 g/mol. The van der Waals surface area contributed by atoms with Crippen molar-refractivity contribution in [2.75, 3.05) is 6.61 Å². The van der Waals surface area contributed by atoms with Crippen molar-refractivity contribution in [3.05, 3.63) is 68.8 Å². The second kappa shape index (κ2) is 11.1. The standard InChI is InChI=1S/C32H42O4/c1-10-36-32(35)25-15-26(30(33)23(8)28-19(4)11-17(2)12-20(28)5)27(16-25)31(34)24(9)29-21(6)13-18(3)14-22(29)7/h11-14,23-27H,10,15-16H2,1-9H3. The van der Waals surface area contributed by atoms with Crippen LogP contribution in [-0.4, -0.2) is 24.1 Å². The number of carbonyl (C=O) groups is 3. The molecule has 0 N–H and O–H groups in total. The van der Waals surface area contributed by atoms with Crippen molar-refractivity contribution in [3.63, 3.8) is 0 Å². The van der Waals surface area contributed by atoms with Gasteiger partial charge in [-0.2, -0.15) is 0 Å². The van der Waals surface area contributed by atoms with Gasteiger partial charge in [0.25, 0.3) is 0 Å². The highest BCUT2D eigenvalue weighted by atomic mass is 16.5. The highest BCUT2D eigenvalue weighted by Crippen LogP contribution is 2.44. The highest BCUT2D eigenvalue weighted by Gasteiger charge is 2.47. The molecule has 0 amide bonds. The molecular formula is C32H42O4. The maximum atomic E-state index is 14.0. The Labute approximate surface area is 216 Å². The Balaban J connectivity index is 1.98. The third kappa shape index (κ3) is 5.48. The fraction of sp³-hybridized carbons (Fsp3) is 0.531. The van der Waals surface area contributed by atoms with Crippen molar-refractivity contribution in [3.8, 4) is 0 Å². The van der Waals surface area contributed by atoms with Crippen LogP contribution < -0.4 is 0 Å². The molecule has 0 bridgehead atoms. The van der Waals surface area contributed by atoms with Crippen molar-refractivity contribution in [1.29, 1.82) is 0 Å². The van der Waals surface area contributed by atoms with E-state index < -0.39 is 17.8 Å². The molecule has 36 heavy (non-hydrogen) atoms. The number of benzene rings is 2. The molecule has 2 aromatic carbocycles. The zero-order valence-electron chi connectivity index (χ0n) is 23.5. The van der Waals surface area contributed by atoms with Gasteiger partial charge in [0, 0.05) is 23.7 Å². The van der Waals surface area contributed by atoms with E-state index in [4.69, 9.17) is 4.74 Å². The van der Waals surface area contributed by atoms with Gasteiger partial charge >= 0.3 is 5.97 Å². The zero-order valence-corrected chi connectivity index (χ0v) is 23.5. The third-order valence-corrected chi connectivity index (χ3v) is 8.11. The second-order valence-corrected chi connectivity index (χ2v) is 11.0. The van der Waals surface area contributed by atoms with E-state index in [0.717, 1.165) is 33.4 Å². The smallest absolute Gasteiger partial charge is 0.308 e. The molecule has 4 heteroatoms. The van der Waals surface area contributed by atoms with Gasteiger partial charge in [0.15, 0.2) is 0 Å². The van der Waals surface area contributed by atoms with Crippen LogP contribution in [0.2, 0.25) is 0 Å². The molecule has 1 fully saturated rings. The summed E-state index contributed by atoms with van der Waals surface area (Å²) < 4.78 is 5.31. The summed E-state index contributed by atoms with van der Waals surface area (Å²) in [6.45, 7) is 18.3. The van der Waals surface area contributed by atoms with Crippen LogP contribution in [0.3, 0.4) is 0 Å². The van der Waals surface area contributed by atoms with Crippen LogP contribution >= 0.6 is 0 Å². The van der Waals surface area contributed by atoms with Crippen LogP contribution in [0.1, 0.15) is 90.0 Å². The van der Waals surface area contributed by atoms with Crippen LogP contribution in [-0.2, 0) is 19.1 Å². The van der Waals surface area contributed by atoms with Gasteiger partial charge in [-0.25, -0.2) is 0 Å². The van der Waals surface area contributed by atoms with E-state index >= 15 is 0 Å². The van der Waals surface area contributed by atoms with Gasteiger partial charge < -0.3 is 4.74 Å². The molecule has 1 saturated carbocycles. The Morgan fingerprint density at radius 3 is 1.36 bits per heavy atom. The quantitative estimate of drug-likeness (QED) is 0.382. The molecule has 4 nitrogen and oxygen atoms in total. The molecule has 2 aromatic rings. The number of Topliss-reactive ketones (excluding diaryl/α,β-unsaturated/α-hetero) is 2. The number of hydrogen-bond donors (Lipinski definition) is 0. The van der Waals surface area contributed by atoms with E-state index in [1.54, 1.807) is 6.92 Å². The van der Waals surface area contributed by atoms with Crippen molar-refractivity contribution in [2.45, 2.75) is 87.0 Å². The number of aryl methyl sites for hydroxylation is 6. The predicted octanol–water partition coefficient (Wildman–Crippen LogP) is 6.79. The van der Waals surface area contributed by atoms with Crippen molar-refractivity contribution < 1.29 is 19.1 Å². The molecule has 0 radical (unpaired) electrons. The molecule has 0 spiro atoms. The Kier molecular flexibility index (Phi) is 8.59. The summed E-state index contributed by atoms with van der Waals surface area (Å²) in [6.07, 6.45) is 0.752. The van der Waals surface area contributed by atoms with Gasteiger partial charge in [0.2, 0.25) is 0 Å². The summed E-state index contributed by atoms with van der Waals surface area (Å²) in [7, 11) is 0. The van der Waals surface area contributed by atoms with Gasteiger partial charge in [0.05, 0.1) is 12.5 Å². The molecule has 194 valence electrons. The summed E-state index contributed by atoms with van der Waals surface area (Å²) in [4.78, 5) is 40.7. The fourth-order valence-corrected chi connectivity index (χ4v) is 6.79. The lowest BCUT2D eigenvalue weighted by atomic mass is 9.75. The van der Waals surface area contributed by atoms with Crippen LogP contribution in [0, 0.1) is 59.3 Å². The van der Waals surface area contributed by atoms with Gasteiger partial charge in [-0.1, -0.05) is 49.2 Å². The number of hydrogen-bond acceptors (Lipinski definition) is 4. The normalized spacial score (nSPS) is 21.2. The first-order chi connectivity index (χ1) is 16.9. The second-order valence-electron chi connectivity index (χ2n) is 11.0. The summed E-state index contributed by atoms with van der Waals surface area (Å²) in [5, 5.41) is 0. The topological polar surface area (TPSA) is 60.4 Å². The molecule has 4 atom stereocenters. The average Bonchev–Trinajstić information content (AvgIpc) is 3.22. The van der Waals surface area contributed by atoms with Crippen molar-refractivity contribution in [1.82, 2.24) is 0 Å². The lowest BCUT2D eigenvalue weighted by Gasteiger charge is -2.26. The first kappa shape index (κ1) is 27.8. The maximum Gasteiger partial charge on any atom is 0.308 e. The summed E-state index contributed by atoms with van der Waals surface area (Å²) in [5.74, 6) is -2.27. The minimum atomic E-state index is -0.490. The number of rotatable bonds is 8. The Morgan fingerprint density at radius 1 is 0.722 bits per heavy atom. The molecule has 0 saturated heterocycles. The number of ether oxygens (including phenoxy) is 1. The van der Waals surface area contributed by atoms with Gasteiger partial charge in [-0.3, -0.25) is 14.4 Å². The molecular weight excluding hydrogens is 448 g/mol. The molecule has 4 unspecified atom stereocenters. The van der Waals surface area contributed by atoms with E-state index in [1.807, 2.05) is 41.5 Å². The minimum Gasteiger partial charge on any atom is -0.466 e. The fourth-order valence-electron chi connectivity index (χ4n) is 6.79. The molecule has 0 aromatic heterocycles. The SMILES string of the molecule is CCOC(=O)C1CC(C(=O)C(C)c2c(C)cc(C)cc2C)C(C(=O)C(C)c2c(C)cc(C)cc2C)C1. The third-order valence-electron chi connectivity index (χ3n) is 8.11. The monoisotopic (exact) mass is 490 g/mol. The van der Waals surface area contributed by atoms with Crippen LogP contribution in [0.25, 0.3) is 0 Å². The largest absolute Gasteiger partial charge is 0.466 e. The van der Waals surface area contributed by atoms with E-state index in [-0.39, 0.29) is 29.4 Å². The molecule has 1 aliphatic rings. The highest BCUT2D eigenvalue weighted by molar-refractivity contribution is 5.97. The molecule has 0 heterocycles. The van der Waals surface area contributed by atoms with E-state index in [1.165, 1.54) is 11.1 Å². The minimum absolute atomic E-state index is 0.0553. The summed E-state index contributed by atoms with van der Waals surface area (Å²) in [6, 6.07) is 8.43. The van der Waals surface area contributed by atoms with Crippen molar-refractivity contribution >= 4 is 17.5 Å². The summed E-state index contributed by atoms with van der Waals surface area (Å²) in [5.41, 5.74) is 8.78. The Morgan fingerprint density at radius 2 is 1.06 bits per heavy atom. The van der Waals surface area contributed by atoms with Gasteiger partial charge in [0.1, 0.15) is 11.6 Å². The maximum absolute atomic E-state index is 14.0. The summed E-state index contributed by atoms with van der Waals surface area (Å²) >= 11 is 0. The van der Waals surface area contributed by atoms with Crippen molar-refractivity contribution in [2.24, 2.45) is 17.8 Å². The van der Waals surface area contributed by atoms with Crippen LogP contribution in [0.15, 0.2) is 24.3 Å². The number of ketones is 2. The zero-order chi connectivity index (χ0) is 26.9. The molecule has 0 aliphatic heterocycles. The number of carbonyl (C=O) groups excluding carboxylic acids is 3. The first-order valence-corrected chi connectivity index (χ1v) is 13.3. The van der Waals surface area contributed by atoms with E-state index in [9.17, 15) is 14.4 Å². The first-order valence-electron chi connectivity index (χ1n) is 13.3. The Hall–Kier alpha value is -2.75. The van der Waals surface area contributed by atoms with Gasteiger partial charge in [-0.05, 0) is 94.7 Å². The van der Waals surface area contributed by atoms with E-state index in [2.05, 4.69) is 38.1 Å². The lowest BCUT2D eigenvalue weighted by molar-refractivity contribution is -0.147. The lowest BCUT2D eigenvalue weighted by Crippen LogP contribution is -2.31. The van der Waals surface area contributed by atoms with Gasteiger partial charge in [-0.15, -0.1) is 0 Å².